The number of carbonyl (C=O) groups is 1. The van der Waals surface area contributed by atoms with Gasteiger partial charge in [-0.1, -0.05) is 13.8 Å². The molecule has 0 aromatic carbocycles. The highest BCUT2D eigenvalue weighted by molar-refractivity contribution is 7.46. The Hall–Kier alpha value is -0.460. The van der Waals surface area contributed by atoms with Crippen LogP contribution >= 0.6 is 7.82 Å². The smallest absolute Gasteiger partial charge is 0.469 e. The third-order valence-electron chi connectivity index (χ3n) is 1.24. The molecule has 0 aliphatic carbocycles. The van der Waals surface area contributed by atoms with Crippen molar-refractivity contribution in [2.45, 2.75) is 25.9 Å². The van der Waals surface area contributed by atoms with Gasteiger partial charge >= 0.3 is 13.8 Å². The Morgan fingerprint density at radius 2 is 2.00 bits per heavy atom. The highest BCUT2D eigenvalue weighted by Gasteiger charge is 2.23. The first-order valence-corrected chi connectivity index (χ1v) is 5.44. The lowest BCUT2D eigenvalue weighted by molar-refractivity contribution is -0.140. The zero-order valence-electron chi connectivity index (χ0n) is 7.88. The van der Waals surface area contributed by atoms with Gasteiger partial charge in [0, 0.05) is 6.04 Å². The van der Waals surface area contributed by atoms with Crippen LogP contribution in [0.2, 0.25) is 0 Å². The Bertz CT molecular complexity index is 236. The van der Waals surface area contributed by atoms with E-state index in [1.165, 1.54) is 0 Å². The number of hydrogen-bond acceptors (Lipinski definition) is 4. The van der Waals surface area contributed by atoms with Crippen molar-refractivity contribution in [3.63, 3.8) is 0 Å². The van der Waals surface area contributed by atoms with Crippen molar-refractivity contribution < 1.29 is 28.8 Å². The molecule has 0 amide bonds. The summed E-state index contributed by atoms with van der Waals surface area (Å²) in [7, 11) is -4.61. The Morgan fingerprint density at radius 1 is 1.50 bits per heavy atom. The van der Waals surface area contributed by atoms with Crippen molar-refractivity contribution in [2.24, 2.45) is 0 Å². The molecule has 0 aliphatic heterocycles. The molecule has 1 atom stereocenters. The van der Waals surface area contributed by atoms with Gasteiger partial charge in [0.1, 0.15) is 6.04 Å². The van der Waals surface area contributed by atoms with Crippen LogP contribution in [-0.4, -0.2) is 39.6 Å². The Morgan fingerprint density at radius 3 is 2.29 bits per heavy atom. The van der Waals surface area contributed by atoms with Crippen molar-refractivity contribution in [1.29, 1.82) is 0 Å². The van der Waals surface area contributed by atoms with Gasteiger partial charge in [-0.15, -0.1) is 0 Å². The lowest BCUT2D eigenvalue weighted by Gasteiger charge is -2.17. The van der Waals surface area contributed by atoms with Gasteiger partial charge in [0.25, 0.3) is 0 Å². The second-order valence-electron chi connectivity index (χ2n) is 3.00. The van der Waals surface area contributed by atoms with Crippen molar-refractivity contribution in [2.75, 3.05) is 6.61 Å². The molecule has 0 saturated carbocycles. The second kappa shape index (κ2) is 5.43. The predicted octanol–water partition coefficient (Wildman–Crippen LogP) is -0.453. The summed E-state index contributed by atoms with van der Waals surface area (Å²) in [6.45, 7) is 2.86. The molecule has 0 aliphatic rings. The van der Waals surface area contributed by atoms with Crippen molar-refractivity contribution in [1.82, 2.24) is 5.32 Å². The molecule has 8 heteroatoms. The standard InChI is InChI=1S/C6H14NO6P/c1-4(2)7-5(6(8)9)3-13-14(10,11)12/h4-5,7H,3H2,1-2H3,(H,8,9)(H2,10,11,12). The highest BCUT2D eigenvalue weighted by Crippen LogP contribution is 2.35. The van der Waals surface area contributed by atoms with Crippen LogP contribution in [0, 0.1) is 0 Å². The van der Waals surface area contributed by atoms with Crippen molar-refractivity contribution >= 4 is 13.8 Å². The van der Waals surface area contributed by atoms with Crippen LogP contribution in [-0.2, 0) is 13.9 Å². The normalized spacial score (nSPS) is 14.4. The van der Waals surface area contributed by atoms with E-state index < -0.39 is 26.4 Å². The minimum absolute atomic E-state index is 0.114. The average molecular weight is 227 g/mol. The van der Waals surface area contributed by atoms with Crippen LogP contribution in [0.4, 0.5) is 0 Å². The van der Waals surface area contributed by atoms with E-state index in [1.807, 2.05) is 0 Å². The number of carboxylic acids is 1. The molecular formula is C6H14NO6P. The zero-order valence-corrected chi connectivity index (χ0v) is 8.77. The van der Waals surface area contributed by atoms with Crippen LogP contribution in [0.1, 0.15) is 13.8 Å². The lowest BCUT2D eigenvalue weighted by Crippen LogP contribution is -2.43. The van der Waals surface area contributed by atoms with Gasteiger partial charge in [-0.3, -0.25) is 9.32 Å². The van der Waals surface area contributed by atoms with Gasteiger partial charge < -0.3 is 20.2 Å². The van der Waals surface area contributed by atoms with Gasteiger partial charge in [0.2, 0.25) is 0 Å². The van der Waals surface area contributed by atoms with Crippen molar-refractivity contribution in [3.8, 4) is 0 Å². The molecule has 1 unspecified atom stereocenters. The topological polar surface area (TPSA) is 116 Å². The first-order valence-electron chi connectivity index (χ1n) is 3.91. The highest BCUT2D eigenvalue weighted by atomic mass is 31.2. The van der Waals surface area contributed by atoms with Crippen LogP contribution < -0.4 is 5.32 Å². The SMILES string of the molecule is CC(C)NC(COP(=O)(O)O)C(=O)O. The van der Waals surface area contributed by atoms with Gasteiger partial charge in [-0.25, -0.2) is 4.57 Å². The lowest BCUT2D eigenvalue weighted by atomic mass is 10.3. The van der Waals surface area contributed by atoms with E-state index in [1.54, 1.807) is 13.8 Å². The van der Waals surface area contributed by atoms with Crippen molar-refractivity contribution in [3.05, 3.63) is 0 Å². The summed E-state index contributed by atoms with van der Waals surface area (Å²) in [4.78, 5) is 27.3. The van der Waals surface area contributed by atoms with E-state index in [9.17, 15) is 9.36 Å². The molecule has 14 heavy (non-hydrogen) atoms. The van der Waals surface area contributed by atoms with Crippen LogP contribution in [0.5, 0.6) is 0 Å². The fourth-order valence-corrected chi connectivity index (χ4v) is 1.11. The summed E-state index contributed by atoms with van der Waals surface area (Å²) in [5.74, 6) is -1.22. The number of hydrogen-bond donors (Lipinski definition) is 4. The Labute approximate surface area is 81.3 Å². The van der Waals surface area contributed by atoms with E-state index in [0.717, 1.165) is 0 Å². The van der Waals surface area contributed by atoms with Gasteiger partial charge in [0.15, 0.2) is 0 Å². The van der Waals surface area contributed by atoms with E-state index in [4.69, 9.17) is 14.9 Å². The van der Waals surface area contributed by atoms with E-state index in [0.29, 0.717) is 0 Å². The number of aliphatic carboxylic acids is 1. The average Bonchev–Trinajstić information content (AvgIpc) is 1.94. The molecule has 0 radical (unpaired) electrons. The van der Waals surface area contributed by atoms with E-state index in [-0.39, 0.29) is 6.04 Å². The molecule has 0 rings (SSSR count). The molecular weight excluding hydrogens is 213 g/mol. The molecule has 0 heterocycles. The van der Waals surface area contributed by atoms with Gasteiger partial charge in [0.05, 0.1) is 6.61 Å². The molecule has 0 aromatic rings. The van der Waals surface area contributed by atoms with Crippen LogP contribution in [0.25, 0.3) is 0 Å². The van der Waals surface area contributed by atoms with Gasteiger partial charge in [-0.05, 0) is 0 Å². The molecule has 7 nitrogen and oxygen atoms in total. The summed E-state index contributed by atoms with van der Waals surface area (Å²) in [6, 6.07) is -1.24. The largest absolute Gasteiger partial charge is 0.480 e. The number of rotatable bonds is 6. The maximum Gasteiger partial charge on any atom is 0.469 e. The molecule has 0 bridgehead atoms. The maximum absolute atomic E-state index is 10.6. The molecule has 0 spiro atoms. The summed E-state index contributed by atoms with van der Waals surface area (Å²) < 4.78 is 14.4. The quantitative estimate of drug-likeness (QED) is 0.454. The zero-order chi connectivity index (χ0) is 11.4. The molecule has 4 N–H and O–H groups in total. The summed E-state index contributed by atoms with van der Waals surface area (Å²) in [5, 5.41) is 11.2. The van der Waals surface area contributed by atoms with E-state index in [2.05, 4.69) is 9.84 Å². The third kappa shape index (κ3) is 6.99. The molecule has 0 saturated heterocycles. The van der Waals surface area contributed by atoms with E-state index >= 15 is 0 Å². The first-order chi connectivity index (χ1) is 6.22. The number of phosphoric acid groups is 1. The molecule has 0 fully saturated rings. The summed E-state index contributed by atoms with van der Waals surface area (Å²) >= 11 is 0. The minimum Gasteiger partial charge on any atom is -0.480 e. The van der Waals surface area contributed by atoms with Crippen LogP contribution in [0.3, 0.4) is 0 Å². The Balaban J connectivity index is 4.11. The Kier molecular flexibility index (Phi) is 5.25. The van der Waals surface area contributed by atoms with Crippen LogP contribution in [0.15, 0.2) is 0 Å². The summed E-state index contributed by atoms with van der Waals surface area (Å²) in [5.41, 5.74) is 0. The minimum atomic E-state index is -4.61. The number of carboxylic acid groups (broad SMARTS) is 1. The fraction of sp³-hybridized carbons (Fsp3) is 0.833. The maximum atomic E-state index is 10.6. The monoisotopic (exact) mass is 227 g/mol. The second-order valence-corrected chi connectivity index (χ2v) is 4.24. The number of nitrogens with one attached hydrogen (secondary N) is 1. The number of phosphoric ester groups is 1. The fourth-order valence-electron chi connectivity index (χ4n) is 0.765. The first kappa shape index (κ1) is 13.5. The molecule has 0 aromatic heterocycles. The third-order valence-corrected chi connectivity index (χ3v) is 1.73. The van der Waals surface area contributed by atoms with Gasteiger partial charge in [-0.2, -0.15) is 0 Å². The molecule has 84 valence electrons. The summed E-state index contributed by atoms with van der Waals surface area (Å²) in [6.07, 6.45) is 0. The predicted molar refractivity (Wildman–Crippen MR) is 47.7 cm³/mol.